The SMILES string of the molecule is C=C1N[C@H](C)COc2ccc(F)cc2CNc2ccn3ncc1c3n2. The molecule has 2 N–H and O–H groups in total. The Hall–Kier alpha value is -3.09. The predicted molar refractivity (Wildman–Crippen MR) is 93.8 cm³/mol. The Kier molecular flexibility index (Phi) is 3.76. The van der Waals surface area contributed by atoms with Crippen LogP contribution in [0.25, 0.3) is 11.3 Å². The van der Waals surface area contributed by atoms with E-state index in [0.717, 1.165) is 16.8 Å². The van der Waals surface area contributed by atoms with Gasteiger partial charge in [0.15, 0.2) is 5.65 Å². The Balaban J connectivity index is 1.77. The number of aromatic nitrogens is 3. The van der Waals surface area contributed by atoms with Crippen molar-refractivity contribution in [1.29, 1.82) is 0 Å². The van der Waals surface area contributed by atoms with Crippen molar-refractivity contribution in [2.75, 3.05) is 11.9 Å². The number of hydrogen-bond acceptors (Lipinski definition) is 5. The molecule has 1 atom stereocenters. The second-order valence-corrected chi connectivity index (χ2v) is 6.08. The van der Waals surface area contributed by atoms with Crippen molar-refractivity contribution in [3.05, 3.63) is 60.2 Å². The summed E-state index contributed by atoms with van der Waals surface area (Å²) in [6.07, 6.45) is 3.56. The number of benzene rings is 1. The van der Waals surface area contributed by atoms with Crippen molar-refractivity contribution in [3.63, 3.8) is 0 Å². The van der Waals surface area contributed by atoms with Gasteiger partial charge in [0.1, 0.15) is 24.0 Å². The monoisotopic (exact) mass is 339 g/mol. The molecule has 1 aliphatic rings. The van der Waals surface area contributed by atoms with Crippen LogP contribution in [0.3, 0.4) is 0 Å². The summed E-state index contributed by atoms with van der Waals surface area (Å²) in [5.74, 6) is 1.02. The van der Waals surface area contributed by atoms with Gasteiger partial charge in [0.25, 0.3) is 0 Å². The highest BCUT2D eigenvalue weighted by molar-refractivity contribution is 5.73. The van der Waals surface area contributed by atoms with Gasteiger partial charge in [0, 0.05) is 24.0 Å². The molecular formula is C18H18FN5O. The molecule has 0 fully saturated rings. The van der Waals surface area contributed by atoms with Gasteiger partial charge in [0.05, 0.1) is 17.8 Å². The third-order valence-electron chi connectivity index (χ3n) is 4.09. The van der Waals surface area contributed by atoms with Crippen LogP contribution in [-0.4, -0.2) is 27.2 Å². The molecule has 0 amide bonds. The zero-order valence-corrected chi connectivity index (χ0v) is 13.8. The fraction of sp³-hybridized carbons (Fsp3) is 0.222. The number of fused-ring (bicyclic) bond motifs is 2. The minimum Gasteiger partial charge on any atom is -0.491 e. The lowest BCUT2D eigenvalue weighted by Gasteiger charge is -2.18. The lowest BCUT2D eigenvalue weighted by molar-refractivity contribution is 0.282. The van der Waals surface area contributed by atoms with Crippen LogP contribution in [0.1, 0.15) is 18.1 Å². The Morgan fingerprint density at radius 3 is 3.12 bits per heavy atom. The van der Waals surface area contributed by atoms with Gasteiger partial charge < -0.3 is 15.4 Å². The van der Waals surface area contributed by atoms with Gasteiger partial charge in [0.2, 0.25) is 0 Å². The second kappa shape index (κ2) is 6.08. The smallest absolute Gasteiger partial charge is 0.166 e. The van der Waals surface area contributed by atoms with Crippen molar-refractivity contribution in [3.8, 4) is 5.75 Å². The van der Waals surface area contributed by atoms with E-state index in [4.69, 9.17) is 4.74 Å². The van der Waals surface area contributed by atoms with Crippen molar-refractivity contribution < 1.29 is 9.13 Å². The van der Waals surface area contributed by atoms with Crippen LogP contribution >= 0.6 is 0 Å². The number of anilines is 1. The quantitative estimate of drug-likeness (QED) is 0.659. The van der Waals surface area contributed by atoms with Gasteiger partial charge in [-0.2, -0.15) is 5.10 Å². The van der Waals surface area contributed by atoms with Crippen LogP contribution in [0.5, 0.6) is 5.75 Å². The first-order chi connectivity index (χ1) is 12.1. The molecule has 3 heterocycles. The van der Waals surface area contributed by atoms with E-state index < -0.39 is 0 Å². The fourth-order valence-corrected chi connectivity index (χ4v) is 2.82. The van der Waals surface area contributed by atoms with E-state index in [1.165, 1.54) is 12.1 Å². The lowest BCUT2D eigenvalue weighted by atomic mass is 10.2. The van der Waals surface area contributed by atoms with Crippen LogP contribution in [0.2, 0.25) is 0 Å². The van der Waals surface area contributed by atoms with Crippen molar-refractivity contribution >= 4 is 17.2 Å². The van der Waals surface area contributed by atoms with Gasteiger partial charge >= 0.3 is 0 Å². The normalized spacial score (nSPS) is 17.5. The molecule has 6 nitrogen and oxygen atoms in total. The molecule has 2 bridgehead atoms. The minimum absolute atomic E-state index is 0.0113. The summed E-state index contributed by atoms with van der Waals surface area (Å²) < 4.78 is 21.2. The molecule has 0 saturated heterocycles. The molecule has 0 saturated carbocycles. The Morgan fingerprint density at radius 2 is 2.24 bits per heavy atom. The average Bonchev–Trinajstić information content (AvgIpc) is 3.01. The van der Waals surface area contributed by atoms with Crippen LogP contribution in [0, 0.1) is 5.82 Å². The van der Waals surface area contributed by atoms with Gasteiger partial charge in [-0.3, -0.25) is 0 Å². The Morgan fingerprint density at radius 1 is 1.36 bits per heavy atom. The zero-order valence-electron chi connectivity index (χ0n) is 13.8. The lowest BCUT2D eigenvalue weighted by Crippen LogP contribution is -2.30. The summed E-state index contributed by atoms with van der Waals surface area (Å²) >= 11 is 0. The molecule has 0 spiro atoms. The largest absolute Gasteiger partial charge is 0.491 e. The number of nitrogens with zero attached hydrogens (tertiary/aromatic N) is 3. The summed E-state index contributed by atoms with van der Waals surface area (Å²) in [5, 5.41) is 10.8. The summed E-state index contributed by atoms with van der Waals surface area (Å²) in [4.78, 5) is 4.61. The summed E-state index contributed by atoms with van der Waals surface area (Å²) in [7, 11) is 0. The van der Waals surface area contributed by atoms with Crippen molar-refractivity contribution in [1.82, 2.24) is 19.9 Å². The molecule has 3 aromatic rings. The second-order valence-electron chi connectivity index (χ2n) is 6.08. The highest BCUT2D eigenvalue weighted by Gasteiger charge is 2.15. The van der Waals surface area contributed by atoms with Crippen molar-refractivity contribution in [2.45, 2.75) is 19.5 Å². The fourth-order valence-electron chi connectivity index (χ4n) is 2.82. The molecule has 25 heavy (non-hydrogen) atoms. The molecule has 0 radical (unpaired) electrons. The maximum atomic E-state index is 13.6. The third kappa shape index (κ3) is 3.00. The molecule has 7 heteroatoms. The van der Waals surface area contributed by atoms with E-state index in [1.54, 1.807) is 16.8 Å². The summed E-state index contributed by atoms with van der Waals surface area (Å²) in [6, 6.07) is 6.36. The topological polar surface area (TPSA) is 63.5 Å². The van der Waals surface area contributed by atoms with Gasteiger partial charge in [-0.25, -0.2) is 13.9 Å². The molecule has 1 aliphatic heterocycles. The maximum Gasteiger partial charge on any atom is 0.166 e. The molecule has 2 aromatic heterocycles. The standard InChI is InChI=1S/C18H18FN5O/c1-11-10-25-16-4-3-14(19)7-13(16)8-20-17-5-6-24-18(23-17)15(9-21-24)12(2)22-11/h3-7,9,11,22H,2,8,10H2,1H3,(H,20,23)/t11-/m1/s1. The highest BCUT2D eigenvalue weighted by atomic mass is 19.1. The van der Waals surface area contributed by atoms with Gasteiger partial charge in [-0.15, -0.1) is 0 Å². The minimum atomic E-state index is -0.297. The predicted octanol–water partition coefficient (Wildman–Crippen LogP) is 2.82. The number of halogens is 1. The van der Waals surface area contributed by atoms with E-state index >= 15 is 0 Å². The van der Waals surface area contributed by atoms with Crippen LogP contribution in [-0.2, 0) is 6.54 Å². The number of nitrogens with one attached hydrogen (secondary N) is 2. The van der Waals surface area contributed by atoms with Crippen LogP contribution < -0.4 is 15.4 Å². The average molecular weight is 339 g/mol. The van der Waals surface area contributed by atoms with Crippen LogP contribution in [0.4, 0.5) is 10.2 Å². The number of rotatable bonds is 0. The Labute approximate surface area is 144 Å². The summed E-state index contributed by atoms with van der Waals surface area (Å²) in [5.41, 5.74) is 3.00. The van der Waals surface area contributed by atoms with E-state index in [2.05, 4.69) is 27.3 Å². The van der Waals surface area contributed by atoms with Gasteiger partial charge in [-0.05, 0) is 31.2 Å². The van der Waals surface area contributed by atoms with E-state index in [9.17, 15) is 4.39 Å². The first-order valence-electron chi connectivity index (χ1n) is 8.05. The molecule has 0 aliphatic carbocycles. The molecular weight excluding hydrogens is 321 g/mol. The van der Waals surface area contributed by atoms with Crippen LogP contribution in [0.15, 0.2) is 43.2 Å². The maximum absolute atomic E-state index is 13.6. The van der Waals surface area contributed by atoms with Gasteiger partial charge in [-0.1, -0.05) is 6.58 Å². The van der Waals surface area contributed by atoms with E-state index in [0.29, 0.717) is 30.4 Å². The first-order valence-corrected chi connectivity index (χ1v) is 8.05. The molecule has 4 rings (SSSR count). The Bertz CT molecular complexity index is 952. The first kappa shape index (κ1) is 15.4. The number of hydrogen-bond donors (Lipinski definition) is 2. The molecule has 1 aromatic carbocycles. The summed E-state index contributed by atoms with van der Waals surface area (Å²) in [6.45, 7) is 6.92. The van der Waals surface area contributed by atoms with Crippen molar-refractivity contribution in [2.24, 2.45) is 0 Å². The highest BCUT2D eigenvalue weighted by Crippen LogP contribution is 2.23. The zero-order chi connectivity index (χ0) is 17.4. The van der Waals surface area contributed by atoms with E-state index in [1.807, 2.05) is 19.2 Å². The molecule has 0 unspecified atom stereocenters. The molecule has 128 valence electrons. The third-order valence-corrected chi connectivity index (χ3v) is 4.09. The van der Waals surface area contributed by atoms with E-state index in [-0.39, 0.29) is 11.9 Å². The number of ether oxygens (including phenoxy) is 1.